The molecule has 1 heterocycles. The zero-order chi connectivity index (χ0) is 27.2. The molecule has 0 spiro atoms. The number of rotatable bonds is 8. The highest BCUT2D eigenvalue weighted by atomic mass is 35.6. The first-order valence-electron chi connectivity index (χ1n) is 10.7. The number of alkyl halides is 3. The molecule has 11 nitrogen and oxygen atoms in total. The number of nitrogens with one attached hydrogen (secondary N) is 1. The van der Waals surface area contributed by atoms with Gasteiger partial charge in [0.25, 0.3) is 3.79 Å². The number of halogens is 3. The Bertz CT molecular complexity index is 812. The molecule has 35 heavy (non-hydrogen) atoms. The average Bonchev–Trinajstić information content (AvgIpc) is 2.75. The molecule has 200 valence electrons. The summed E-state index contributed by atoms with van der Waals surface area (Å²) in [7, 11) is 1.05. The number of methoxy groups -OCH3 is 1. The SMILES string of the molecule is COC(=O)[C@H]1O[C@H](OC(=N)C(Cl)(Cl)Cl)[C@H](OC(=O)C(C)C)C(OC(=O)C(C)C)[C@@H]1OC(=O)C(C)C. The molecule has 1 fully saturated rings. The van der Waals surface area contributed by atoms with E-state index in [0.29, 0.717) is 0 Å². The van der Waals surface area contributed by atoms with E-state index in [1.165, 1.54) is 27.7 Å². The summed E-state index contributed by atoms with van der Waals surface area (Å²) in [5.74, 6) is -6.22. The minimum atomic E-state index is -2.35. The lowest BCUT2D eigenvalue weighted by Gasteiger charge is -2.44. The molecule has 0 aliphatic carbocycles. The molecule has 0 saturated carbocycles. The maximum absolute atomic E-state index is 12.6. The van der Waals surface area contributed by atoms with Crippen molar-refractivity contribution in [1.82, 2.24) is 0 Å². The first-order chi connectivity index (χ1) is 16.0. The monoisotopic (exact) mass is 561 g/mol. The number of carbonyl (C=O) groups excluding carboxylic acids is 4. The van der Waals surface area contributed by atoms with Gasteiger partial charge in [-0.05, 0) is 0 Å². The molecule has 0 bridgehead atoms. The maximum atomic E-state index is 12.6. The Morgan fingerprint density at radius 2 is 1.14 bits per heavy atom. The maximum Gasteiger partial charge on any atom is 0.339 e. The molecule has 5 atom stereocenters. The third-order valence-corrected chi connectivity index (χ3v) is 5.11. The van der Waals surface area contributed by atoms with Gasteiger partial charge in [-0.15, -0.1) is 0 Å². The van der Waals surface area contributed by atoms with Crippen molar-refractivity contribution in [2.24, 2.45) is 17.8 Å². The summed E-state index contributed by atoms with van der Waals surface area (Å²) in [6.07, 6.45) is -8.35. The molecule has 0 aromatic carbocycles. The lowest BCUT2D eigenvalue weighted by atomic mass is 9.97. The molecule has 1 N–H and O–H groups in total. The summed E-state index contributed by atoms with van der Waals surface area (Å²) in [6.45, 7) is 9.23. The topological polar surface area (TPSA) is 148 Å². The zero-order valence-corrected chi connectivity index (χ0v) is 22.6. The summed E-state index contributed by atoms with van der Waals surface area (Å²) in [5, 5.41) is 7.90. The lowest BCUT2D eigenvalue weighted by molar-refractivity contribution is -0.288. The third kappa shape index (κ3) is 8.66. The van der Waals surface area contributed by atoms with Crippen LogP contribution in [0, 0.1) is 23.2 Å². The van der Waals surface area contributed by atoms with E-state index in [-0.39, 0.29) is 0 Å². The van der Waals surface area contributed by atoms with Gasteiger partial charge in [0.15, 0.2) is 18.3 Å². The van der Waals surface area contributed by atoms with Gasteiger partial charge < -0.3 is 28.4 Å². The van der Waals surface area contributed by atoms with E-state index >= 15 is 0 Å². The van der Waals surface area contributed by atoms with Crippen LogP contribution < -0.4 is 0 Å². The Labute approximate surface area is 218 Å². The molecule has 1 saturated heterocycles. The fraction of sp³-hybridized carbons (Fsp3) is 0.762. The van der Waals surface area contributed by atoms with Crippen LogP contribution in [0.5, 0.6) is 0 Å². The third-order valence-electron chi connectivity index (χ3n) is 4.59. The van der Waals surface area contributed by atoms with Crippen LogP contribution in [0.4, 0.5) is 0 Å². The van der Waals surface area contributed by atoms with Crippen LogP contribution in [0.1, 0.15) is 41.5 Å². The fourth-order valence-electron chi connectivity index (χ4n) is 2.59. The van der Waals surface area contributed by atoms with Crippen molar-refractivity contribution in [3.05, 3.63) is 0 Å². The summed E-state index contributed by atoms with van der Waals surface area (Å²) in [4.78, 5) is 50.1. The number of hydrogen-bond acceptors (Lipinski definition) is 11. The van der Waals surface area contributed by atoms with Crippen molar-refractivity contribution >= 4 is 64.6 Å². The van der Waals surface area contributed by atoms with Gasteiger partial charge in [0, 0.05) is 0 Å². The van der Waals surface area contributed by atoms with Gasteiger partial charge >= 0.3 is 23.9 Å². The van der Waals surface area contributed by atoms with Crippen LogP contribution in [-0.2, 0) is 47.6 Å². The van der Waals surface area contributed by atoms with Crippen molar-refractivity contribution in [2.75, 3.05) is 7.11 Å². The van der Waals surface area contributed by atoms with E-state index in [0.717, 1.165) is 7.11 Å². The van der Waals surface area contributed by atoms with Crippen molar-refractivity contribution < 1.29 is 47.6 Å². The normalized spacial score (nSPS) is 24.7. The molecule has 14 heteroatoms. The molecule has 1 aliphatic rings. The standard InChI is InChI=1S/C21H30Cl3NO10/c1-8(2)15(26)31-11-12(32-16(27)9(3)4)14(33-17(28)10(5)6)19(34-13(11)18(29)30-7)35-20(25)21(22,23)24/h8-14,19,25H,1-7H3/t11-,12?,13-,14+,19+/m0/s1. The van der Waals surface area contributed by atoms with Crippen LogP contribution in [-0.4, -0.2) is 71.4 Å². The van der Waals surface area contributed by atoms with E-state index in [1.54, 1.807) is 13.8 Å². The van der Waals surface area contributed by atoms with Gasteiger partial charge in [0.2, 0.25) is 18.3 Å². The predicted octanol–water partition coefficient (Wildman–Crippen LogP) is 2.95. The largest absolute Gasteiger partial charge is 0.467 e. The Morgan fingerprint density at radius 3 is 1.51 bits per heavy atom. The number of esters is 4. The second-order valence-electron chi connectivity index (χ2n) is 8.56. The van der Waals surface area contributed by atoms with Crippen LogP contribution >= 0.6 is 34.8 Å². The molecular weight excluding hydrogens is 533 g/mol. The van der Waals surface area contributed by atoms with Crippen LogP contribution in [0.15, 0.2) is 0 Å². The van der Waals surface area contributed by atoms with E-state index in [2.05, 4.69) is 0 Å². The molecule has 0 radical (unpaired) electrons. The highest BCUT2D eigenvalue weighted by Crippen LogP contribution is 2.34. The predicted molar refractivity (Wildman–Crippen MR) is 124 cm³/mol. The van der Waals surface area contributed by atoms with Crippen LogP contribution in [0.3, 0.4) is 0 Å². The molecule has 0 amide bonds. The quantitative estimate of drug-likeness (QED) is 0.154. The molecule has 1 rings (SSSR count). The zero-order valence-electron chi connectivity index (χ0n) is 20.3. The van der Waals surface area contributed by atoms with Crippen LogP contribution in [0.2, 0.25) is 0 Å². The van der Waals surface area contributed by atoms with Crippen molar-refractivity contribution in [2.45, 2.75) is 76.0 Å². The molecule has 0 aromatic heterocycles. The number of hydrogen-bond donors (Lipinski definition) is 1. The van der Waals surface area contributed by atoms with E-state index in [9.17, 15) is 19.2 Å². The van der Waals surface area contributed by atoms with Crippen molar-refractivity contribution in [3.63, 3.8) is 0 Å². The van der Waals surface area contributed by atoms with Gasteiger partial charge in [-0.25, -0.2) is 4.79 Å². The summed E-state index contributed by atoms with van der Waals surface area (Å²) in [5.41, 5.74) is 0. The van der Waals surface area contributed by atoms with Crippen molar-refractivity contribution in [1.29, 1.82) is 5.41 Å². The molecular formula is C21H30Cl3NO10. The highest BCUT2D eigenvalue weighted by Gasteiger charge is 2.57. The second kappa shape index (κ2) is 12.9. The number of carbonyl (C=O) groups is 4. The highest BCUT2D eigenvalue weighted by molar-refractivity contribution is 6.76. The first kappa shape index (κ1) is 31.2. The van der Waals surface area contributed by atoms with Gasteiger partial charge in [0.05, 0.1) is 24.9 Å². The second-order valence-corrected chi connectivity index (χ2v) is 10.8. The van der Waals surface area contributed by atoms with E-state index in [1.807, 2.05) is 0 Å². The fourth-order valence-corrected chi connectivity index (χ4v) is 2.73. The Morgan fingerprint density at radius 1 is 0.743 bits per heavy atom. The summed E-state index contributed by atoms with van der Waals surface area (Å²) < 4.78 is 29.8. The molecule has 0 aromatic rings. The smallest absolute Gasteiger partial charge is 0.339 e. The Balaban J connectivity index is 3.65. The van der Waals surface area contributed by atoms with Gasteiger partial charge in [-0.1, -0.05) is 76.3 Å². The molecule has 1 aliphatic heterocycles. The number of ether oxygens (including phenoxy) is 6. The van der Waals surface area contributed by atoms with E-state index in [4.69, 9.17) is 68.6 Å². The van der Waals surface area contributed by atoms with Gasteiger partial charge in [-0.3, -0.25) is 19.8 Å². The van der Waals surface area contributed by atoms with Crippen molar-refractivity contribution in [3.8, 4) is 0 Å². The van der Waals surface area contributed by atoms with E-state index < -0.39 is 82.0 Å². The average molecular weight is 563 g/mol. The van der Waals surface area contributed by atoms with Gasteiger partial charge in [0.1, 0.15) is 0 Å². The van der Waals surface area contributed by atoms with Gasteiger partial charge in [-0.2, -0.15) is 0 Å². The lowest BCUT2D eigenvalue weighted by Crippen LogP contribution is -2.64. The summed E-state index contributed by atoms with van der Waals surface area (Å²) in [6, 6.07) is 0. The Kier molecular flexibility index (Phi) is 11.5. The first-order valence-corrected chi connectivity index (χ1v) is 11.8. The minimum absolute atomic E-state index is 0.641. The molecule has 1 unspecified atom stereocenters. The van der Waals surface area contributed by atoms with Crippen LogP contribution in [0.25, 0.3) is 0 Å². The minimum Gasteiger partial charge on any atom is -0.467 e. The Hall–Kier alpha value is -1.82. The summed E-state index contributed by atoms with van der Waals surface area (Å²) >= 11 is 17.1.